The smallest absolute Gasteiger partial charge is 0.311 e. The molecule has 2 rings (SSSR count). The highest BCUT2D eigenvalue weighted by molar-refractivity contribution is 5.76. The molecule has 0 spiro atoms. The average Bonchev–Trinajstić information content (AvgIpc) is 2.49. The van der Waals surface area contributed by atoms with E-state index in [4.69, 9.17) is 0 Å². The van der Waals surface area contributed by atoms with Crippen molar-refractivity contribution in [3.63, 3.8) is 0 Å². The molecule has 0 saturated carbocycles. The van der Waals surface area contributed by atoms with Crippen LogP contribution < -0.4 is 0 Å². The van der Waals surface area contributed by atoms with Crippen LogP contribution in [0.4, 0.5) is 4.39 Å². The Kier molecular flexibility index (Phi) is 5.50. The topological polar surface area (TPSA) is 37.3 Å². The first-order chi connectivity index (χ1) is 10.2. The van der Waals surface area contributed by atoms with Crippen molar-refractivity contribution in [3.05, 3.63) is 71.5 Å². The number of aryl methyl sites for hydroxylation is 1. The van der Waals surface area contributed by atoms with Gasteiger partial charge in [-0.1, -0.05) is 55.0 Å². The molecule has 0 aromatic heterocycles. The summed E-state index contributed by atoms with van der Waals surface area (Å²) in [6.45, 7) is 0. The molecule has 0 saturated heterocycles. The van der Waals surface area contributed by atoms with E-state index in [2.05, 4.69) is 12.1 Å². The average molecular weight is 286 g/mol. The van der Waals surface area contributed by atoms with Gasteiger partial charge in [0, 0.05) is 5.56 Å². The number of aliphatic carboxylic acids is 1. The van der Waals surface area contributed by atoms with Gasteiger partial charge in [-0.2, -0.15) is 0 Å². The molecule has 110 valence electrons. The number of carbonyl (C=O) groups is 1. The van der Waals surface area contributed by atoms with Crippen molar-refractivity contribution in [3.8, 4) is 0 Å². The summed E-state index contributed by atoms with van der Waals surface area (Å²) in [4.78, 5) is 11.3. The lowest BCUT2D eigenvalue weighted by molar-refractivity contribution is -0.139. The van der Waals surface area contributed by atoms with Gasteiger partial charge < -0.3 is 5.11 Å². The third kappa shape index (κ3) is 4.42. The van der Waals surface area contributed by atoms with Crippen molar-refractivity contribution < 1.29 is 14.3 Å². The summed E-state index contributed by atoms with van der Waals surface area (Å²) in [5, 5.41) is 9.30. The standard InChI is InChI=1S/C18H19FO2/c19-17-13-7-6-11-15(17)16(18(20)21)12-5-4-10-14-8-2-1-3-9-14/h1-3,6-9,11,13,16H,4-5,10,12H2,(H,20,21). The predicted octanol–water partition coefficient (Wildman–Crippen LogP) is 4.41. The number of hydrogen-bond acceptors (Lipinski definition) is 1. The zero-order chi connectivity index (χ0) is 15.1. The predicted molar refractivity (Wildman–Crippen MR) is 80.8 cm³/mol. The molecule has 21 heavy (non-hydrogen) atoms. The fraction of sp³-hybridized carbons (Fsp3) is 0.278. The maximum atomic E-state index is 13.7. The zero-order valence-corrected chi connectivity index (χ0v) is 11.8. The molecule has 0 radical (unpaired) electrons. The summed E-state index contributed by atoms with van der Waals surface area (Å²) in [6, 6.07) is 16.2. The van der Waals surface area contributed by atoms with Gasteiger partial charge in [0.15, 0.2) is 0 Å². The summed E-state index contributed by atoms with van der Waals surface area (Å²) in [7, 11) is 0. The van der Waals surface area contributed by atoms with Crippen LogP contribution in [0.2, 0.25) is 0 Å². The van der Waals surface area contributed by atoms with Gasteiger partial charge in [-0.25, -0.2) is 4.39 Å². The number of carboxylic acids is 1. The van der Waals surface area contributed by atoms with E-state index in [1.807, 2.05) is 18.2 Å². The highest BCUT2D eigenvalue weighted by atomic mass is 19.1. The lowest BCUT2D eigenvalue weighted by Gasteiger charge is -2.13. The van der Waals surface area contributed by atoms with E-state index in [0.717, 1.165) is 19.3 Å². The molecule has 1 atom stereocenters. The SMILES string of the molecule is O=C(O)C(CCCCc1ccccc1)c1ccccc1F. The second kappa shape index (κ2) is 7.58. The normalized spacial score (nSPS) is 12.0. The first-order valence-electron chi connectivity index (χ1n) is 7.19. The van der Waals surface area contributed by atoms with Gasteiger partial charge in [0.2, 0.25) is 0 Å². The molecule has 1 N–H and O–H groups in total. The number of unbranched alkanes of at least 4 members (excludes halogenated alkanes) is 1. The highest BCUT2D eigenvalue weighted by Gasteiger charge is 2.22. The van der Waals surface area contributed by atoms with Crippen LogP contribution in [0.3, 0.4) is 0 Å². The van der Waals surface area contributed by atoms with E-state index < -0.39 is 17.7 Å². The summed E-state index contributed by atoms with van der Waals surface area (Å²) < 4.78 is 13.7. The number of hydrogen-bond donors (Lipinski definition) is 1. The quantitative estimate of drug-likeness (QED) is 0.766. The number of benzene rings is 2. The van der Waals surface area contributed by atoms with Crippen molar-refractivity contribution in [1.82, 2.24) is 0 Å². The molecular weight excluding hydrogens is 267 g/mol. The molecule has 2 aromatic carbocycles. The first kappa shape index (κ1) is 15.2. The van der Waals surface area contributed by atoms with Crippen LogP contribution in [0.15, 0.2) is 54.6 Å². The van der Waals surface area contributed by atoms with Crippen molar-refractivity contribution in [2.24, 2.45) is 0 Å². The van der Waals surface area contributed by atoms with Gasteiger partial charge in [0.05, 0.1) is 5.92 Å². The third-order valence-corrected chi connectivity index (χ3v) is 3.63. The number of halogens is 1. The fourth-order valence-electron chi connectivity index (χ4n) is 2.49. The lowest BCUT2D eigenvalue weighted by atomic mass is 9.92. The molecule has 2 nitrogen and oxygen atoms in total. The van der Waals surface area contributed by atoms with E-state index in [0.29, 0.717) is 6.42 Å². The Morgan fingerprint density at radius 1 is 1.00 bits per heavy atom. The van der Waals surface area contributed by atoms with Crippen molar-refractivity contribution in [2.75, 3.05) is 0 Å². The molecular formula is C18H19FO2. The maximum absolute atomic E-state index is 13.7. The Morgan fingerprint density at radius 3 is 2.33 bits per heavy atom. The van der Waals surface area contributed by atoms with Crippen LogP contribution in [0, 0.1) is 5.82 Å². The number of carboxylic acid groups (broad SMARTS) is 1. The van der Waals surface area contributed by atoms with E-state index in [1.165, 1.54) is 11.6 Å². The molecule has 0 fully saturated rings. The van der Waals surface area contributed by atoms with Crippen LogP contribution in [0.1, 0.15) is 36.3 Å². The van der Waals surface area contributed by atoms with E-state index in [9.17, 15) is 14.3 Å². The van der Waals surface area contributed by atoms with Gasteiger partial charge in [-0.05, 0) is 30.9 Å². The molecule has 0 aliphatic heterocycles. The van der Waals surface area contributed by atoms with Crippen LogP contribution >= 0.6 is 0 Å². The van der Waals surface area contributed by atoms with Gasteiger partial charge in [0.25, 0.3) is 0 Å². The summed E-state index contributed by atoms with van der Waals surface area (Å²) in [5.74, 6) is -2.16. The Morgan fingerprint density at radius 2 is 1.67 bits per heavy atom. The molecule has 1 unspecified atom stereocenters. The van der Waals surface area contributed by atoms with Gasteiger partial charge in [0.1, 0.15) is 5.82 Å². The van der Waals surface area contributed by atoms with E-state index >= 15 is 0 Å². The van der Waals surface area contributed by atoms with E-state index in [1.54, 1.807) is 18.2 Å². The molecule has 0 bridgehead atoms. The first-order valence-corrected chi connectivity index (χ1v) is 7.19. The minimum Gasteiger partial charge on any atom is -0.481 e. The summed E-state index contributed by atoms with van der Waals surface area (Å²) in [6.07, 6.45) is 3.05. The molecule has 0 aliphatic rings. The lowest BCUT2D eigenvalue weighted by Crippen LogP contribution is -2.13. The van der Waals surface area contributed by atoms with Crippen LogP contribution in [-0.2, 0) is 11.2 Å². The molecule has 0 aliphatic carbocycles. The number of rotatable bonds is 7. The van der Waals surface area contributed by atoms with Crippen molar-refractivity contribution >= 4 is 5.97 Å². The van der Waals surface area contributed by atoms with Crippen LogP contribution in [0.5, 0.6) is 0 Å². The van der Waals surface area contributed by atoms with Crippen LogP contribution in [0.25, 0.3) is 0 Å². The molecule has 0 amide bonds. The van der Waals surface area contributed by atoms with E-state index in [-0.39, 0.29) is 5.56 Å². The maximum Gasteiger partial charge on any atom is 0.311 e. The molecule has 3 heteroatoms. The Balaban J connectivity index is 1.90. The summed E-state index contributed by atoms with van der Waals surface area (Å²) >= 11 is 0. The second-order valence-corrected chi connectivity index (χ2v) is 5.14. The largest absolute Gasteiger partial charge is 0.481 e. The fourth-order valence-corrected chi connectivity index (χ4v) is 2.49. The zero-order valence-electron chi connectivity index (χ0n) is 11.8. The van der Waals surface area contributed by atoms with Gasteiger partial charge >= 0.3 is 5.97 Å². The van der Waals surface area contributed by atoms with Gasteiger partial charge in [-0.3, -0.25) is 4.79 Å². The van der Waals surface area contributed by atoms with Crippen molar-refractivity contribution in [1.29, 1.82) is 0 Å². The Bertz CT molecular complexity index is 581. The Hall–Kier alpha value is -2.16. The molecule has 2 aromatic rings. The summed E-state index contributed by atoms with van der Waals surface area (Å²) in [5.41, 5.74) is 1.53. The second-order valence-electron chi connectivity index (χ2n) is 5.14. The van der Waals surface area contributed by atoms with Crippen molar-refractivity contribution in [2.45, 2.75) is 31.6 Å². The third-order valence-electron chi connectivity index (χ3n) is 3.63. The van der Waals surface area contributed by atoms with Crippen LogP contribution in [-0.4, -0.2) is 11.1 Å². The highest BCUT2D eigenvalue weighted by Crippen LogP contribution is 2.25. The monoisotopic (exact) mass is 286 g/mol. The minimum absolute atomic E-state index is 0.282. The Labute approximate surface area is 124 Å². The minimum atomic E-state index is -0.959. The van der Waals surface area contributed by atoms with Gasteiger partial charge in [-0.15, -0.1) is 0 Å². The molecule has 0 heterocycles.